The second kappa shape index (κ2) is 38.4. The Balaban J connectivity index is 0. The summed E-state index contributed by atoms with van der Waals surface area (Å²) in [6.45, 7) is 6.85. The van der Waals surface area contributed by atoms with E-state index in [1.165, 1.54) is 173 Å². The highest BCUT2D eigenvalue weighted by Gasteiger charge is 1.96. The molecule has 0 atom stereocenters. The predicted octanol–water partition coefficient (Wildman–Crippen LogP) is 13.4. The number of carboxylic acid groups (broad SMARTS) is 1. The maximum atomic E-state index is 10.3. The smallest absolute Gasteiger partial charge is 0.303 e. The molecule has 0 saturated heterocycles. The number of carbonyl (C=O) groups is 1. The highest BCUT2D eigenvalue weighted by molar-refractivity contribution is 5.66. The lowest BCUT2D eigenvalue weighted by Crippen LogP contribution is -1.93. The summed E-state index contributed by atoms with van der Waals surface area (Å²) in [5, 5.41) is 8.51. The van der Waals surface area contributed by atoms with Crippen molar-refractivity contribution in [3.8, 4) is 0 Å². The van der Waals surface area contributed by atoms with Crippen LogP contribution in [0.5, 0.6) is 0 Å². The van der Waals surface area contributed by atoms with Crippen LogP contribution in [0.15, 0.2) is 12.2 Å². The van der Waals surface area contributed by atoms with Crippen molar-refractivity contribution in [3.63, 3.8) is 0 Å². The zero-order valence-corrected chi connectivity index (χ0v) is 26.7. The molecule has 0 unspecified atom stereocenters. The second-order valence-electron chi connectivity index (χ2n) is 11.7. The van der Waals surface area contributed by atoms with Gasteiger partial charge in [0.1, 0.15) is 0 Å². The van der Waals surface area contributed by atoms with Gasteiger partial charge >= 0.3 is 5.97 Å². The monoisotopic (exact) mass is 537 g/mol. The zero-order valence-electron chi connectivity index (χ0n) is 26.7. The first kappa shape index (κ1) is 39.4. The highest BCUT2D eigenvalue weighted by Crippen LogP contribution is 2.14. The number of unbranched alkanes of at least 4 members (excludes halogenated alkanes) is 26. The Hall–Kier alpha value is -0.790. The maximum Gasteiger partial charge on any atom is 0.303 e. The fourth-order valence-electron chi connectivity index (χ4n) is 4.97. The van der Waals surface area contributed by atoms with Gasteiger partial charge in [-0.2, -0.15) is 0 Å². The van der Waals surface area contributed by atoms with Gasteiger partial charge in [-0.25, -0.2) is 0 Å². The van der Waals surface area contributed by atoms with E-state index in [0.29, 0.717) is 6.42 Å². The molecule has 0 aromatic heterocycles. The third-order valence-corrected chi connectivity index (χ3v) is 7.61. The van der Waals surface area contributed by atoms with Crippen LogP contribution in [0.4, 0.5) is 0 Å². The quantitative estimate of drug-likeness (QED) is 0.0732. The fourth-order valence-corrected chi connectivity index (χ4v) is 4.97. The molecule has 0 fully saturated rings. The van der Waals surface area contributed by atoms with Crippen LogP contribution in [-0.2, 0) is 4.79 Å². The van der Waals surface area contributed by atoms with Gasteiger partial charge in [0.2, 0.25) is 0 Å². The first-order valence-electron chi connectivity index (χ1n) is 17.6. The Morgan fingerprint density at radius 3 is 0.895 bits per heavy atom. The van der Waals surface area contributed by atoms with E-state index >= 15 is 0 Å². The molecule has 228 valence electrons. The molecule has 1 N–H and O–H groups in total. The van der Waals surface area contributed by atoms with E-state index < -0.39 is 5.97 Å². The normalized spacial score (nSPS) is 11.1. The van der Waals surface area contributed by atoms with Crippen LogP contribution in [0.1, 0.15) is 213 Å². The molecular formula is C36H72O2. The summed E-state index contributed by atoms with van der Waals surface area (Å²) in [5.74, 6) is -0.664. The molecule has 0 aliphatic rings. The molecule has 0 spiro atoms. The van der Waals surface area contributed by atoms with Crippen molar-refractivity contribution in [2.75, 3.05) is 0 Å². The van der Waals surface area contributed by atoms with Crippen molar-refractivity contribution in [1.82, 2.24) is 0 Å². The Kier molecular flexibility index (Phi) is 39.7. The summed E-state index contributed by atoms with van der Waals surface area (Å²) in [7, 11) is 0. The predicted molar refractivity (Wildman–Crippen MR) is 172 cm³/mol. The molecule has 0 amide bonds. The number of carboxylic acids is 1. The van der Waals surface area contributed by atoms with E-state index in [9.17, 15) is 4.79 Å². The highest BCUT2D eigenvalue weighted by atomic mass is 16.4. The van der Waals surface area contributed by atoms with E-state index in [1.54, 1.807) is 0 Å². The van der Waals surface area contributed by atoms with Crippen LogP contribution in [0.2, 0.25) is 0 Å². The summed E-state index contributed by atoms with van der Waals surface area (Å²) in [6.07, 6.45) is 44.7. The van der Waals surface area contributed by atoms with E-state index in [-0.39, 0.29) is 0 Å². The van der Waals surface area contributed by atoms with Gasteiger partial charge in [-0.15, -0.1) is 0 Å². The maximum absolute atomic E-state index is 10.3. The number of hydrogen-bond acceptors (Lipinski definition) is 1. The average molecular weight is 537 g/mol. The Morgan fingerprint density at radius 1 is 0.395 bits per heavy atom. The molecular weight excluding hydrogens is 464 g/mol. The lowest BCUT2D eigenvalue weighted by molar-refractivity contribution is -0.137. The van der Waals surface area contributed by atoms with Gasteiger partial charge in [0.15, 0.2) is 0 Å². The van der Waals surface area contributed by atoms with E-state index in [0.717, 1.165) is 12.8 Å². The molecule has 0 radical (unpaired) electrons. The first-order valence-corrected chi connectivity index (χ1v) is 17.6. The molecule has 0 saturated carbocycles. The third kappa shape index (κ3) is 42.3. The summed E-state index contributed by atoms with van der Waals surface area (Å²) >= 11 is 0. The standard InChI is InChI=1S/C18H34O2.C18H38/c1-2-3-4-5-6-7-8-9-10-11-12-13-14-15-16-17-18(19)20;1-3-5-7-9-11-13-15-17-18-16-14-12-10-8-6-4-2/h9-10H,2-8,11-17H2,1H3,(H,19,20);3-18H2,1-2H3/b10-9-;. The van der Waals surface area contributed by atoms with Crippen molar-refractivity contribution in [2.45, 2.75) is 213 Å². The van der Waals surface area contributed by atoms with Crippen molar-refractivity contribution < 1.29 is 9.90 Å². The fraction of sp³-hybridized carbons (Fsp3) is 0.917. The van der Waals surface area contributed by atoms with E-state index in [2.05, 4.69) is 32.9 Å². The number of aliphatic carboxylic acids is 1. The molecule has 0 heterocycles. The minimum absolute atomic E-state index is 0.332. The third-order valence-electron chi connectivity index (χ3n) is 7.61. The molecule has 0 bridgehead atoms. The minimum Gasteiger partial charge on any atom is -0.481 e. The minimum atomic E-state index is -0.664. The van der Waals surface area contributed by atoms with Crippen LogP contribution in [0.3, 0.4) is 0 Å². The second-order valence-corrected chi connectivity index (χ2v) is 11.7. The molecule has 0 rings (SSSR count). The van der Waals surface area contributed by atoms with Crippen molar-refractivity contribution in [3.05, 3.63) is 12.2 Å². The van der Waals surface area contributed by atoms with Crippen LogP contribution >= 0.6 is 0 Å². The Labute approximate surface area is 241 Å². The molecule has 0 aromatic carbocycles. The molecule has 2 heteroatoms. The van der Waals surface area contributed by atoms with E-state index in [4.69, 9.17) is 5.11 Å². The lowest BCUT2D eigenvalue weighted by atomic mass is 10.0. The van der Waals surface area contributed by atoms with Crippen LogP contribution in [0.25, 0.3) is 0 Å². The van der Waals surface area contributed by atoms with Crippen LogP contribution in [0, 0.1) is 0 Å². The average Bonchev–Trinajstić information content (AvgIpc) is 2.91. The van der Waals surface area contributed by atoms with Gasteiger partial charge in [-0.05, 0) is 32.1 Å². The largest absolute Gasteiger partial charge is 0.481 e. The summed E-state index contributed by atoms with van der Waals surface area (Å²) in [6, 6.07) is 0. The summed E-state index contributed by atoms with van der Waals surface area (Å²) in [5.41, 5.74) is 0. The Morgan fingerprint density at radius 2 is 0.632 bits per heavy atom. The number of rotatable bonds is 30. The van der Waals surface area contributed by atoms with Gasteiger partial charge < -0.3 is 5.11 Å². The molecule has 2 nitrogen and oxygen atoms in total. The van der Waals surface area contributed by atoms with Gasteiger partial charge in [-0.3, -0.25) is 4.79 Å². The molecule has 38 heavy (non-hydrogen) atoms. The lowest BCUT2D eigenvalue weighted by Gasteiger charge is -2.03. The van der Waals surface area contributed by atoms with Gasteiger partial charge in [-0.1, -0.05) is 187 Å². The van der Waals surface area contributed by atoms with Gasteiger partial charge in [0, 0.05) is 6.42 Å². The molecule has 0 aliphatic carbocycles. The molecule has 0 aliphatic heterocycles. The number of allylic oxidation sites excluding steroid dienone is 2. The SMILES string of the molecule is CCCCCCCC/C=C\CCCCCCCC(=O)O.CCCCCCCCCCCCCCCCCC. The Bertz CT molecular complexity index is 427. The summed E-state index contributed by atoms with van der Waals surface area (Å²) < 4.78 is 0. The number of hydrogen-bond donors (Lipinski definition) is 1. The first-order chi connectivity index (χ1) is 18.7. The van der Waals surface area contributed by atoms with Gasteiger partial charge in [0.25, 0.3) is 0 Å². The van der Waals surface area contributed by atoms with Crippen LogP contribution in [-0.4, -0.2) is 11.1 Å². The zero-order chi connectivity index (χ0) is 28.2. The summed E-state index contributed by atoms with van der Waals surface area (Å²) in [4.78, 5) is 10.3. The van der Waals surface area contributed by atoms with Gasteiger partial charge in [0.05, 0.1) is 0 Å². The van der Waals surface area contributed by atoms with E-state index in [1.807, 2.05) is 0 Å². The molecule has 0 aromatic rings. The van der Waals surface area contributed by atoms with Crippen molar-refractivity contribution >= 4 is 5.97 Å². The van der Waals surface area contributed by atoms with Crippen molar-refractivity contribution in [1.29, 1.82) is 0 Å². The van der Waals surface area contributed by atoms with Crippen molar-refractivity contribution in [2.24, 2.45) is 0 Å². The van der Waals surface area contributed by atoms with Crippen LogP contribution < -0.4 is 0 Å². The topological polar surface area (TPSA) is 37.3 Å².